The first-order valence-electron chi connectivity index (χ1n) is 10.3. The lowest BCUT2D eigenvalue weighted by molar-refractivity contribution is -0.132. The van der Waals surface area contributed by atoms with E-state index in [-0.39, 0.29) is 19.1 Å². The Labute approximate surface area is 181 Å². The van der Waals surface area contributed by atoms with Gasteiger partial charge in [0.05, 0.1) is 6.54 Å². The second-order valence-electron chi connectivity index (χ2n) is 8.18. The summed E-state index contributed by atoms with van der Waals surface area (Å²) in [6.45, 7) is 5.40. The van der Waals surface area contributed by atoms with Crippen molar-refractivity contribution in [2.45, 2.75) is 32.4 Å². The zero-order valence-corrected chi connectivity index (χ0v) is 17.9. The summed E-state index contributed by atoms with van der Waals surface area (Å²) in [6, 6.07) is 18.7. The molecule has 3 amide bonds. The van der Waals surface area contributed by atoms with Crippen molar-refractivity contribution in [1.82, 2.24) is 10.2 Å². The van der Waals surface area contributed by atoms with Gasteiger partial charge in [-0.1, -0.05) is 60.7 Å². The summed E-state index contributed by atoms with van der Waals surface area (Å²) >= 11 is 0. The summed E-state index contributed by atoms with van der Waals surface area (Å²) in [7, 11) is 0. The Balaban J connectivity index is 1.52. The Hall–Kier alpha value is -3.38. The fourth-order valence-corrected chi connectivity index (χ4v) is 4.18. The summed E-state index contributed by atoms with van der Waals surface area (Å²) < 4.78 is 5.78. The number of fused-ring (bicyclic) bond motifs is 1. The number of ether oxygens (including phenoxy) is 1. The predicted octanol–water partition coefficient (Wildman–Crippen LogP) is 3.66. The number of nitrogens with zero attached hydrogens (tertiary/aromatic N) is 1. The summed E-state index contributed by atoms with van der Waals surface area (Å²) in [5, 5.41) is 15.2. The SMILES string of the molecule is Cc1cccc(C)c1OC[C@H](O)CN1C(=O)N[C@@](C)(c2cccc3ccccc23)C1=O. The molecule has 6 nitrogen and oxygen atoms in total. The van der Waals surface area contributed by atoms with E-state index in [2.05, 4.69) is 5.32 Å². The molecule has 3 aromatic carbocycles. The molecule has 1 heterocycles. The van der Waals surface area contributed by atoms with Crippen LogP contribution in [0.5, 0.6) is 5.75 Å². The maximum Gasteiger partial charge on any atom is 0.325 e. The van der Waals surface area contributed by atoms with Crippen LogP contribution >= 0.6 is 0 Å². The maximum absolute atomic E-state index is 13.3. The molecule has 2 atom stereocenters. The van der Waals surface area contributed by atoms with E-state index in [9.17, 15) is 14.7 Å². The number of rotatable bonds is 6. The second kappa shape index (κ2) is 8.04. The molecule has 1 aliphatic rings. The first kappa shape index (κ1) is 20.9. The lowest BCUT2D eigenvalue weighted by Crippen LogP contribution is -2.43. The minimum Gasteiger partial charge on any atom is -0.490 e. The highest BCUT2D eigenvalue weighted by atomic mass is 16.5. The molecule has 0 radical (unpaired) electrons. The molecule has 0 aromatic heterocycles. The van der Waals surface area contributed by atoms with Gasteiger partial charge in [-0.15, -0.1) is 0 Å². The van der Waals surface area contributed by atoms with Crippen LogP contribution in [0, 0.1) is 13.8 Å². The third-order valence-corrected chi connectivity index (χ3v) is 5.83. The number of hydrogen-bond donors (Lipinski definition) is 2. The third kappa shape index (κ3) is 3.75. The van der Waals surface area contributed by atoms with E-state index in [1.54, 1.807) is 6.92 Å². The van der Waals surface area contributed by atoms with Crippen molar-refractivity contribution in [3.63, 3.8) is 0 Å². The molecule has 0 saturated carbocycles. The van der Waals surface area contributed by atoms with Crippen LogP contribution < -0.4 is 10.1 Å². The third-order valence-electron chi connectivity index (χ3n) is 5.83. The molecule has 160 valence electrons. The second-order valence-corrected chi connectivity index (χ2v) is 8.18. The van der Waals surface area contributed by atoms with Crippen LogP contribution in [0.1, 0.15) is 23.6 Å². The smallest absolute Gasteiger partial charge is 0.325 e. The molecule has 1 fully saturated rings. The van der Waals surface area contributed by atoms with E-state index in [4.69, 9.17) is 4.74 Å². The van der Waals surface area contributed by atoms with Crippen molar-refractivity contribution in [3.05, 3.63) is 77.4 Å². The number of nitrogens with one attached hydrogen (secondary N) is 1. The molecule has 3 aromatic rings. The van der Waals surface area contributed by atoms with Gasteiger partial charge in [-0.3, -0.25) is 9.69 Å². The number of imide groups is 1. The quantitative estimate of drug-likeness (QED) is 0.599. The average molecular weight is 418 g/mol. The Morgan fingerprint density at radius 2 is 1.65 bits per heavy atom. The first-order chi connectivity index (χ1) is 14.8. The zero-order chi connectivity index (χ0) is 22.2. The van der Waals surface area contributed by atoms with Crippen LogP contribution in [-0.2, 0) is 10.3 Å². The molecule has 0 spiro atoms. The van der Waals surface area contributed by atoms with Gasteiger partial charge >= 0.3 is 6.03 Å². The van der Waals surface area contributed by atoms with E-state index in [1.165, 1.54) is 0 Å². The van der Waals surface area contributed by atoms with Gasteiger partial charge in [0.2, 0.25) is 0 Å². The molecule has 2 N–H and O–H groups in total. The normalized spacial score (nSPS) is 19.5. The molecular weight excluding hydrogens is 392 g/mol. The molecule has 4 rings (SSSR count). The van der Waals surface area contributed by atoms with Crippen LogP contribution in [-0.4, -0.2) is 41.2 Å². The molecule has 0 bridgehead atoms. The number of amides is 3. The van der Waals surface area contributed by atoms with E-state index >= 15 is 0 Å². The van der Waals surface area contributed by atoms with Crippen LogP contribution in [0.3, 0.4) is 0 Å². The van der Waals surface area contributed by atoms with Crippen LogP contribution in [0.2, 0.25) is 0 Å². The highest BCUT2D eigenvalue weighted by Crippen LogP contribution is 2.34. The molecule has 1 aliphatic heterocycles. The number of hydrogen-bond acceptors (Lipinski definition) is 4. The van der Waals surface area contributed by atoms with Crippen LogP contribution in [0.4, 0.5) is 4.79 Å². The predicted molar refractivity (Wildman–Crippen MR) is 119 cm³/mol. The van der Waals surface area contributed by atoms with Crippen molar-refractivity contribution < 1.29 is 19.4 Å². The van der Waals surface area contributed by atoms with Gasteiger partial charge in [0.1, 0.15) is 24.0 Å². The lowest BCUT2D eigenvalue weighted by atomic mass is 9.88. The summed E-state index contributed by atoms with van der Waals surface area (Å²) in [5.41, 5.74) is 1.45. The Kier molecular flexibility index (Phi) is 5.41. The van der Waals surface area contributed by atoms with E-state index in [0.717, 1.165) is 32.4 Å². The number of aliphatic hydroxyl groups excluding tert-OH is 1. The van der Waals surface area contributed by atoms with Gasteiger partial charge in [-0.25, -0.2) is 4.79 Å². The van der Waals surface area contributed by atoms with Crippen molar-refractivity contribution in [2.24, 2.45) is 0 Å². The van der Waals surface area contributed by atoms with Crippen molar-refractivity contribution in [3.8, 4) is 5.75 Å². The first-order valence-corrected chi connectivity index (χ1v) is 10.3. The fraction of sp³-hybridized carbons (Fsp3) is 0.280. The maximum atomic E-state index is 13.3. The van der Waals surface area contributed by atoms with Gasteiger partial charge in [0.15, 0.2) is 0 Å². The van der Waals surface area contributed by atoms with E-state index in [1.807, 2.05) is 74.5 Å². The summed E-state index contributed by atoms with van der Waals surface area (Å²) in [4.78, 5) is 27.0. The molecule has 0 aliphatic carbocycles. The molecule has 6 heteroatoms. The molecule has 0 unspecified atom stereocenters. The highest BCUT2D eigenvalue weighted by Gasteiger charge is 2.50. The standard InChI is InChI=1S/C25H26N2O4/c1-16-8-6-9-17(2)22(16)31-15-19(28)14-27-23(29)25(3,26-24(27)30)21-13-7-11-18-10-4-5-12-20(18)21/h4-13,19,28H,14-15H2,1-3H3,(H,26,30)/t19-,25+/m1/s1. The minimum atomic E-state index is -1.20. The molecular formula is C25H26N2O4. The monoisotopic (exact) mass is 418 g/mol. The number of carbonyl (C=O) groups is 2. The Morgan fingerprint density at radius 1 is 1.00 bits per heavy atom. The summed E-state index contributed by atoms with van der Waals surface area (Å²) in [5.74, 6) is 0.319. The number of para-hydroxylation sites is 1. The number of urea groups is 1. The lowest BCUT2D eigenvalue weighted by Gasteiger charge is -2.24. The van der Waals surface area contributed by atoms with Crippen LogP contribution in [0.15, 0.2) is 60.7 Å². The van der Waals surface area contributed by atoms with Crippen molar-refractivity contribution in [1.29, 1.82) is 0 Å². The topological polar surface area (TPSA) is 78.9 Å². The molecule has 1 saturated heterocycles. The number of aryl methyl sites for hydroxylation is 2. The van der Waals surface area contributed by atoms with E-state index < -0.39 is 17.7 Å². The van der Waals surface area contributed by atoms with Gasteiger partial charge in [0, 0.05) is 0 Å². The zero-order valence-electron chi connectivity index (χ0n) is 17.9. The van der Waals surface area contributed by atoms with Gasteiger partial charge in [0.25, 0.3) is 5.91 Å². The number of aliphatic hydroxyl groups is 1. The van der Waals surface area contributed by atoms with Gasteiger partial charge < -0.3 is 15.2 Å². The fourth-order valence-electron chi connectivity index (χ4n) is 4.18. The average Bonchev–Trinajstić information content (AvgIpc) is 2.96. The molecule has 31 heavy (non-hydrogen) atoms. The number of carbonyl (C=O) groups excluding carboxylic acids is 2. The Bertz CT molecular complexity index is 1130. The largest absolute Gasteiger partial charge is 0.490 e. The van der Waals surface area contributed by atoms with Gasteiger partial charge in [-0.05, 0) is 48.2 Å². The minimum absolute atomic E-state index is 0.0201. The van der Waals surface area contributed by atoms with Crippen molar-refractivity contribution in [2.75, 3.05) is 13.2 Å². The number of β-amino-alcohol motifs (C(OH)–C–C–N with tert-alkyl or cyclic N) is 1. The van der Waals surface area contributed by atoms with Gasteiger partial charge in [-0.2, -0.15) is 0 Å². The highest BCUT2D eigenvalue weighted by molar-refractivity contribution is 6.09. The summed E-state index contributed by atoms with van der Waals surface area (Å²) in [6.07, 6.45) is -1.01. The number of benzene rings is 3. The van der Waals surface area contributed by atoms with Crippen molar-refractivity contribution >= 4 is 22.7 Å². The Morgan fingerprint density at radius 3 is 2.39 bits per heavy atom. The van der Waals surface area contributed by atoms with Crippen LogP contribution in [0.25, 0.3) is 10.8 Å². The van der Waals surface area contributed by atoms with E-state index in [0.29, 0.717) is 5.75 Å².